The molecule has 0 aliphatic heterocycles. The van der Waals surface area contributed by atoms with Crippen LogP contribution in [0.5, 0.6) is 0 Å². The molecule has 0 saturated heterocycles. The molecule has 0 radical (unpaired) electrons. The lowest BCUT2D eigenvalue weighted by Gasteiger charge is -2.09. The van der Waals surface area contributed by atoms with Crippen molar-refractivity contribution in [2.24, 2.45) is 0 Å². The van der Waals surface area contributed by atoms with Gasteiger partial charge in [0.2, 0.25) is 0 Å². The second-order valence-corrected chi connectivity index (χ2v) is 9.00. The summed E-state index contributed by atoms with van der Waals surface area (Å²) < 4.78 is 3.17. The molecule has 0 unspecified atom stereocenters. The van der Waals surface area contributed by atoms with Gasteiger partial charge in [0.25, 0.3) is 0 Å². The van der Waals surface area contributed by atoms with E-state index in [4.69, 9.17) is 11.6 Å². The first-order valence-electron chi connectivity index (χ1n) is 12.0. The van der Waals surface area contributed by atoms with E-state index in [2.05, 4.69) is 44.8 Å². The molecule has 0 fully saturated rings. The number of aryl methyl sites for hydroxylation is 1. The van der Waals surface area contributed by atoms with Crippen LogP contribution >= 0.6 is 11.6 Å². The third-order valence-corrected chi connectivity index (χ3v) is 6.48. The summed E-state index contributed by atoms with van der Waals surface area (Å²) in [6, 6.07) is 23.4. The monoisotopic (exact) mass is 499 g/mol. The van der Waals surface area contributed by atoms with Crippen LogP contribution < -0.4 is 5.69 Å². The highest BCUT2D eigenvalue weighted by Gasteiger charge is 2.17. The minimum atomic E-state index is -0.193. The molecular formula is C27H26ClN7O. The number of halogens is 1. The van der Waals surface area contributed by atoms with Crippen LogP contribution in [-0.2, 0) is 13.0 Å². The van der Waals surface area contributed by atoms with E-state index in [1.54, 1.807) is 10.6 Å². The fraction of sp³-hybridized carbons (Fsp3) is 0.222. The number of tetrazole rings is 1. The fourth-order valence-corrected chi connectivity index (χ4v) is 4.50. The van der Waals surface area contributed by atoms with Crippen LogP contribution in [0, 0.1) is 0 Å². The molecule has 0 saturated carbocycles. The molecule has 2 heterocycles. The molecule has 0 bridgehead atoms. The zero-order valence-corrected chi connectivity index (χ0v) is 20.7. The summed E-state index contributed by atoms with van der Waals surface area (Å²) >= 11 is 6.38. The maximum absolute atomic E-state index is 13.4. The Bertz CT molecular complexity index is 1500. The molecule has 0 spiro atoms. The van der Waals surface area contributed by atoms with Crippen molar-refractivity contribution in [3.63, 3.8) is 0 Å². The summed E-state index contributed by atoms with van der Waals surface area (Å²) in [5.74, 6) is 1.38. The lowest BCUT2D eigenvalue weighted by atomic mass is 9.98. The van der Waals surface area contributed by atoms with Gasteiger partial charge in [-0.3, -0.25) is 4.57 Å². The Balaban J connectivity index is 1.46. The van der Waals surface area contributed by atoms with Crippen molar-refractivity contribution in [2.75, 3.05) is 0 Å². The molecule has 182 valence electrons. The van der Waals surface area contributed by atoms with Gasteiger partial charge in [0.05, 0.1) is 17.3 Å². The molecule has 3 aromatic carbocycles. The van der Waals surface area contributed by atoms with Crippen molar-refractivity contribution in [3.8, 4) is 28.2 Å². The summed E-state index contributed by atoms with van der Waals surface area (Å²) in [5, 5.41) is 19.5. The number of para-hydroxylation sites is 1. The highest BCUT2D eigenvalue weighted by Crippen LogP contribution is 2.30. The van der Waals surface area contributed by atoms with Crippen molar-refractivity contribution in [2.45, 2.75) is 39.2 Å². The first-order valence-corrected chi connectivity index (χ1v) is 12.4. The van der Waals surface area contributed by atoms with Crippen molar-refractivity contribution < 1.29 is 0 Å². The Hall–Kier alpha value is -4.04. The number of nitrogens with one attached hydrogen (secondary N) is 1. The second-order valence-electron chi connectivity index (χ2n) is 8.60. The Kier molecular flexibility index (Phi) is 7.04. The molecule has 8 nitrogen and oxygen atoms in total. The van der Waals surface area contributed by atoms with Crippen molar-refractivity contribution in [3.05, 3.63) is 99.7 Å². The van der Waals surface area contributed by atoms with Gasteiger partial charge in [0.1, 0.15) is 5.82 Å². The number of H-pyrrole nitrogens is 1. The molecule has 36 heavy (non-hydrogen) atoms. The SMILES string of the molecule is CCCCCc1nn(-c2ccccc2Cl)c(=O)n1Cc1ccc(-c2ccccc2-c2nnn[nH]2)cc1. The number of rotatable bonds is 9. The quantitative estimate of drug-likeness (QED) is 0.277. The largest absolute Gasteiger partial charge is 0.351 e. The van der Waals surface area contributed by atoms with Gasteiger partial charge in [-0.15, -0.1) is 10.2 Å². The predicted molar refractivity (Wildman–Crippen MR) is 140 cm³/mol. The van der Waals surface area contributed by atoms with Gasteiger partial charge < -0.3 is 0 Å². The smallest absolute Gasteiger partial charge is 0.274 e. The average Bonchev–Trinajstić information content (AvgIpc) is 3.55. The van der Waals surface area contributed by atoms with Gasteiger partial charge in [0, 0.05) is 12.0 Å². The summed E-state index contributed by atoms with van der Waals surface area (Å²) in [6.07, 6.45) is 3.89. The molecule has 5 rings (SSSR count). The number of aromatic amines is 1. The number of aromatic nitrogens is 7. The third-order valence-electron chi connectivity index (χ3n) is 6.16. The van der Waals surface area contributed by atoms with E-state index >= 15 is 0 Å². The number of hydrogen-bond donors (Lipinski definition) is 1. The number of unbranched alkanes of at least 4 members (excludes halogenated alkanes) is 2. The van der Waals surface area contributed by atoms with Gasteiger partial charge in [-0.05, 0) is 45.7 Å². The van der Waals surface area contributed by atoms with Crippen molar-refractivity contribution in [1.82, 2.24) is 35.0 Å². The molecule has 0 atom stereocenters. The molecule has 1 N–H and O–H groups in total. The first kappa shape index (κ1) is 23.7. The minimum Gasteiger partial charge on any atom is -0.274 e. The van der Waals surface area contributed by atoms with E-state index < -0.39 is 0 Å². The molecular weight excluding hydrogens is 474 g/mol. The van der Waals surface area contributed by atoms with Crippen LogP contribution in [0.3, 0.4) is 0 Å². The Morgan fingerprint density at radius 1 is 0.917 bits per heavy atom. The first-order chi connectivity index (χ1) is 17.7. The van der Waals surface area contributed by atoms with E-state index in [1.165, 1.54) is 4.68 Å². The van der Waals surface area contributed by atoms with Gasteiger partial charge in [-0.2, -0.15) is 4.68 Å². The van der Waals surface area contributed by atoms with Gasteiger partial charge >= 0.3 is 5.69 Å². The lowest BCUT2D eigenvalue weighted by molar-refractivity contribution is 0.643. The summed E-state index contributed by atoms with van der Waals surface area (Å²) in [5.41, 5.74) is 4.38. The molecule has 0 aliphatic carbocycles. The maximum atomic E-state index is 13.4. The standard InChI is InChI=1S/C27H26ClN7O/c1-2-3-4-13-25-31-35(24-12-8-7-11-23(24)28)27(36)34(25)18-19-14-16-20(17-15-19)21-9-5-6-10-22(21)26-29-32-33-30-26/h5-12,14-17H,2-4,13,18H2,1H3,(H,29,30,32,33). The Morgan fingerprint density at radius 3 is 2.39 bits per heavy atom. The van der Waals surface area contributed by atoms with E-state index in [0.29, 0.717) is 23.1 Å². The average molecular weight is 500 g/mol. The van der Waals surface area contributed by atoms with Crippen LogP contribution in [0.4, 0.5) is 0 Å². The van der Waals surface area contributed by atoms with E-state index in [-0.39, 0.29) is 5.69 Å². The van der Waals surface area contributed by atoms with Gasteiger partial charge in [0.15, 0.2) is 5.82 Å². The summed E-state index contributed by atoms with van der Waals surface area (Å²) in [6.45, 7) is 2.59. The van der Waals surface area contributed by atoms with Crippen molar-refractivity contribution in [1.29, 1.82) is 0 Å². The normalized spacial score (nSPS) is 11.2. The lowest BCUT2D eigenvalue weighted by Crippen LogP contribution is -2.25. The molecule has 0 amide bonds. The number of benzene rings is 3. The van der Waals surface area contributed by atoms with E-state index in [1.807, 2.05) is 54.6 Å². The highest BCUT2D eigenvalue weighted by molar-refractivity contribution is 6.32. The predicted octanol–water partition coefficient (Wildman–Crippen LogP) is 5.32. The van der Waals surface area contributed by atoms with Gasteiger partial charge in [-0.1, -0.05) is 92.0 Å². The maximum Gasteiger partial charge on any atom is 0.351 e. The van der Waals surface area contributed by atoms with Crippen molar-refractivity contribution >= 4 is 11.6 Å². The van der Waals surface area contributed by atoms with Crippen LogP contribution in [0.2, 0.25) is 5.02 Å². The van der Waals surface area contributed by atoms with Crippen LogP contribution in [0.25, 0.3) is 28.2 Å². The highest BCUT2D eigenvalue weighted by atomic mass is 35.5. The molecule has 9 heteroatoms. The topological polar surface area (TPSA) is 94.3 Å². The van der Waals surface area contributed by atoms with Gasteiger partial charge in [-0.25, -0.2) is 9.89 Å². The summed E-state index contributed by atoms with van der Waals surface area (Å²) in [4.78, 5) is 13.4. The minimum absolute atomic E-state index is 0.193. The number of hydrogen-bond acceptors (Lipinski definition) is 5. The zero-order chi connectivity index (χ0) is 24.9. The zero-order valence-electron chi connectivity index (χ0n) is 19.9. The Labute approximate surface area is 213 Å². The Morgan fingerprint density at radius 2 is 1.67 bits per heavy atom. The van der Waals surface area contributed by atoms with Crippen LogP contribution in [-0.4, -0.2) is 35.0 Å². The second kappa shape index (κ2) is 10.7. The van der Waals surface area contributed by atoms with E-state index in [0.717, 1.165) is 53.8 Å². The van der Waals surface area contributed by atoms with E-state index in [9.17, 15) is 4.79 Å². The fourth-order valence-electron chi connectivity index (χ4n) is 4.28. The molecule has 5 aromatic rings. The third kappa shape index (κ3) is 4.85. The number of nitrogens with zero attached hydrogens (tertiary/aromatic N) is 6. The molecule has 2 aromatic heterocycles. The molecule has 0 aliphatic rings. The van der Waals surface area contributed by atoms with Crippen LogP contribution in [0.1, 0.15) is 37.6 Å². The summed E-state index contributed by atoms with van der Waals surface area (Å²) in [7, 11) is 0. The van der Waals surface area contributed by atoms with Crippen LogP contribution in [0.15, 0.2) is 77.6 Å².